The number of nitrogens with one attached hydrogen (secondary N) is 1. The average Bonchev–Trinajstić information content (AvgIpc) is 3.13. The Balaban J connectivity index is 1.69. The van der Waals surface area contributed by atoms with Crippen molar-refractivity contribution in [3.05, 3.63) is 60.7 Å². The lowest BCUT2D eigenvalue weighted by Crippen LogP contribution is -2.43. The zero-order valence-corrected chi connectivity index (χ0v) is 13.6. The van der Waals surface area contributed by atoms with Crippen molar-refractivity contribution in [3.63, 3.8) is 0 Å². The second kappa shape index (κ2) is 6.66. The molecule has 4 rings (SSSR count). The van der Waals surface area contributed by atoms with Crippen LogP contribution in [0.2, 0.25) is 0 Å². The molecule has 2 aliphatic rings. The Hall–Kier alpha value is -3.10. The second-order valence-corrected chi connectivity index (χ2v) is 5.87. The first-order chi connectivity index (χ1) is 12.7. The van der Waals surface area contributed by atoms with Crippen molar-refractivity contribution in [1.29, 1.82) is 0 Å². The number of carbonyl (C=O) groups excluding carboxylic acids is 1. The molecule has 0 radical (unpaired) electrons. The monoisotopic (exact) mass is 352 g/mol. The van der Waals surface area contributed by atoms with Crippen LogP contribution in [0, 0.1) is 0 Å². The summed E-state index contributed by atoms with van der Waals surface area (Å²) in [7, 11) is 0. The van der Waals surface area contributed by atoms with Crippen LogP contribution in [0.1, 0.15) is 0 Å². The first-order valence-corrected chi connectivity index (χ1v) is 8.09. The van der Waals surface area contributed by atoms with E-state index in [4.69, 9.17) is 9.47 Å². The summed E-state index contributed by atoms with van der Waals surface area (Å²) >= 11 is 0. The van der Waals surface area contributed by atoms with Gasteiger partial charge in [-0.05, 0) is 24.3 Å². The second-order valence-electron chi connectivity index (χ2n) is 5.87. The van der Waals surface area contributed by atoms with Crippen molar-refractivity contribution in [2.24, 2.45) is 15.3 Å². The van der Waals surface area contributed by atoms with Gasteiger partial charge in [0.15, 0.2) is 6.10 Å². The van der Waals surface area contributed by atoms with Gasteiger partial charge in [0.2, 0.25) is 5.71 Å². The Morgan fingerprint density at radius 1 is 1.08 bits per heavy atom. The van der Waals surface area contributed by atoms with Gasteiger partial charge >= 0.3 is 5.97 Å². The molecule has 3 atom stereocenters. The number of azo groups is 1. The van der Waals surface area contributed by atoms with Gasteiger partial charge in [-0.2, -0.15) is 10.2 Å². The first kappa shape index (κ1) is 16.4. The number of hydrazone groups is 1. The SMILES string of the molecule is O=C1OC2C(O)COC2(N=Nc2ccccc2)C1=NNc1ccccc1. The molecule has 0 saturated carbocycles. The Labute approximate surface area is 149 Å². The lowest BCUT2D eigenvalue weighted by molar-refractivity contribution is -0.141. The third-order valence-corrected chi connectivity index (χ3v) is 4.12. The molecule has 26 heavy (non-hydrogen) atoms. The van der Waals surface area contributed by atoms with Crippen molar-refractivity contribution < 1.29 is 19.4 Å². The number of anilines is 1. The summed E-state index contributed by atoms with van der Waals surface area (Å²) in [6.45, 7) is -0.0316. The fourth-order valence-corrected chi connectivity index (χ4v) is 2.84. The van der Waals surface area contributed by atoms with Crippen LogP contribution in [-0.2, 0) is 14.3 Å². The molecule has 2 aromatic carbocycles. The zero-order valence-electron chi connectivity index (χ0n) is 13.6. The molecule has 3 unspecified atom stereocenters. The van der Waals surface area contributed by atoms with Crippen LogP contribution in [0.15, 0.2) is 76.0 Å². The van der Waals surface area contributed by atoms with Crippen molar-refractivity contribution >= 4 is 23.1 Å². The number of aliphatic hydroxyl groups is 1. The van der Waals surface area contributed by atoms with E-state index in [1.165, 1.54) is 0 Å². The molecule has 2 N–H and O–H groups in total. The average molecular weight is 352 g/mol. The Kier molecular flexibility index (Phi) is 4.19. The maximum Gasteiger partial charge on any atom is 0.360 e. The molecule has 2 fully saturated rings. The fourth-order valence-electron chi connectivity index (χ4n) is 2.84. The molecular formula is C18H16N4O4. The third kappa shape index (κ3) is 2.85. The minimum atomic E-state index is -1.58. The number of nitrogens with zero attached hydrogens (tertiary/aromatic N) is 3. The molecule has 0 aliphatic carbocycles. The number of benzene rings is 2. The quantitative estimate of drug-likeness (QED) is 0.499. The van der Waals surface area contributed by atoms with Crippen LogP contribution in [-0.4, -0.2) is 41.3 Å². The van der Waals surface area contributed by atoms with Crippen LogP contribution in [0.25, 0.3) is 0 Å². The van der Waals surface area contributed by atoms with Crippen molar-refractivity contribution in [2.45, 2.75) is 17.9 Å². The van der Waals surface area contributed by atoms with Gasteiger partial charge < -0.3 is 14.6 Å². The number of hydrogen-bond donors (Lipinski definition) is 2. The molecule has 2 aromatic rings. The summed E-state index contributed by atoms with van der Waals surface area (Å²) in [5, 5.41) is 22.6. The van der Waals surface area contributed by atoms with E-state index in [0.717, 1.165) is 0 Å². The number of carbonyl (C=O) groups is 1. The van der Waals surface area contributed by atoms with Gasteiger partial charge in [0.05, 0.1) is 18.0 Å². The van der Waals surface area contributed by atoms with E-state index in [1.807, 2.05) is 36.4 Å². The van der Waals surface area contributed by atoms with Crippen LogP contribution in [0.5, 0.6) is 0 Å². The molecule has 2 aliphatic heterocycles. The number of hydrogen-bond acceptors (Lipinski definition) is 8. The molecule has 2 saturated heterocycles. The van der Waals surface area contributed by atoms with Crippen LogP contribution < -0.4 is 5.43 Å². The zero-order chi connectivity index (χ0) is 18.0. The predicted molar refractivity (Wildman–Crippen MR) is 93.0 cm³/mol. The van der Waals surface area contributed by atoms with E-state index < -0.39 is 23.9 Å². The van der Waals surface area contributed by atoms with Gasteiger partial charge in [-0.15, -0.1) is 5.11 Å². The lowest BCUT2D eigenvalue weighted by Gasteiger charge is -2.19. The maximum absolute atomic E-state index is 12.3. The van der Waals surface area contributed by atoms with E-state index >= 15 is 0 Å². The van der Waals surface area contributed by atoms with Crippen molar-refractivity contribution in [3.8, 4) is 0 Å². The number of fused-ring (bicyclic) bond motifs is 1. The van der Waals surface area contributed by atoms with E-state index in [9.17, 15) is 9.90 Å². The van der Waals surface area contributed by atoms with Gasteiger partial charge in [0.25, 0.3) is 5.72 Å². The fraction of sp³-hybridized carbons (Fsp3) is 0.222. The summed E-state index contributed by atoms with van der Waals surface area (Å²) in [4.78, 5) is 12.3. The number of rotatable bonds is 4. The molecule has 0 amide bonds. The van der Waals surface area contributed by atoms with Gasteiger partial charge in [-0.3, -0.25) is 5.43 Å². The Bertz CT molecular complexity index is 856. The van der Waals surface area contributed by atoms with Gasteiger partial charge in [0.1, 0.15) is 6.10 Å². The smallest absolute Gasteiger partial charge is 0.360 e. The minimum Gasteiger partial charge on any atom is -0.449 e. The van der Waals surface area contributed by atoms with Crippen LogP contribution >= 0.6 is 0 Å². The molecule has 0 aromatic heterocycles. The highest BCUT2D eigenvalue weighted by Gasteiger charge is 2.64. The van der Waals surface area contributed by atoms with E-state index in [1.54, 1.807) is 24.3 Å². The lowest BCUT2D eigenvalue weighted by atomic mass is 10.0. The number of esters is 1. The van der Waals surface area contributed by atoms with E-state index in [2.05, 4.69) is 20.8 Å². The Morgan fingerprint density at radius 3 is 2.50 bits per heavy atom. The van der Waals surface area contributed by atoms with Crippen molar-refractivity contribution in [1.82, 2.24) is 0 Å². The van der Waals surface area contributed by atoms with Gasteiger partial charge in [0, 0.05) is 0 Å². The summed E-state index contributed by atoms with van der Waals surface area (Å²) in [6.07, 6.45) is -1.99. The number of para-hydroxylation sites is 1. The molecule has 2 heterocycles. The third-order valence-electron chi connectivity index (χ3n) is 4.12. The van der Waals surface area contributed by atoms with E-state index in [-0.39, 0.29) is 12.3 Å². The van der Waals surface area contributed by atoms with E-state index in [0.29, 0.717) is 11.4 Å². The van der Waals surface area contributed by atoms with Crippen molar-refractivity contribution in [2.75, 3.05) is 12.0 Å². The molecule has 132 valence electrons. The topological polar surface area (TPSA) is 105 Å². The molecule has 0 bridgehead atoms. The molecule has 8 nitrogen and oxygen atoms in total. The molecule has 8 heteroatoms. The highest BCUT2D eigenvalue weighted by molar-refractivity contribution is 6.42. The summed E-state index contributed by atoms with van der Waals surface area (Å²) in [5.74, 6) is -0.704. The predicted octanol–water partition coefficient (Wildman–Crippen LogP) is 2.25. The van der Waals surface area contributed by atoms with Crippen LogP contribution in [0.3, 0.4) is 0 Å². The first-order valence-electron chi connectivity index (χ1n) is 8.09. The summed E-state index contributed by atoms with van der Waals surface area (Å²) in [6, 6.07) is 18.1. The minimum absolute atomic E-state index is 0.0316. The van der Waals surface area contributed by atoms with Gasteiger partial charge in [-0.25, -0.2) is 4.79 Å². The van der Waals surface area contributed by atoms with Gasteiger partial charge in [-0.1, -0.05) is 36.4 Å². The number of aliphatic hydroxyl groups excluding tert-OH is 1. The normalized spacial score (nSPS) is 29.1. The summed E-state index contributed by atoms with van der Waals surface area (Å²) < 4.78 is 10.9. The number of ether oxygens (including phenoxy) is 2. The van der Waals surface area contributed by atoms with Crippen LogP contribution in [0.4, 0.5) is 11.4 Å². The molecular weight excluding hydrogens is 336 g/mol. The highest BCUT2D eigenvalue weighted by Crippen LogP contribution is 2.39. The largest absolute Gasteiger partial charge is 0.449 e. The standard InChI is InChI=1S/C18H16N4O4/c23-14-11-25-18(22-20-13-9-5-2-6-10-13)15(17(24)26-16(14)18)21-19-12-7-3-1-4-8-12/h1-10,14,16,19,23H,11H2. The maximum atomic E-state index is 12.3. The highest BCUT2D eigenvalue weighted by atomic mass is 16.6. The summed E-state index contributed by atoms with van der Waals surface area (Å²) in [5.41, 5.74) is 2.40. The molecule has 0 spiro atoms. The Morgan fingerprint density at radius 2 is 1.77 bits per heavy atom.